The quantitative estimate of drug-likeness (QED) is 0.767. The Labute approximate surface area is 87.1 Å². The zero-order valence-electron chi connectivity index (χ0n) is 8.71. The van der Waals surface area contributed by atoms with Crippen LogP contribution in [0.1, 0.15) is 12.7 Å². The lowest BCUT2D eigenvalue weighted by atomic mass is 10.2. The van der Waals surface area contributed by atoms with Gasteiger partial charge < -0.3 is 10.5 Å². The van der Waals surface area contributed by atoms with Gasteiger partial charge in [-0.25, -0.2) is 0 Å². The third-order valence-corrected chi connectivity index (χ3v) is 2.02. The topological polar surface area (TPSA) is 78.3 Å². The molecule has 2 rings (SSSR count). The highest BCUT2D eigenvalue weighted by Gasteiger charge is 2.09. The van der Waals surface area contributed by atoms with Gasteiger partial charge in [-0.1, -0.05) is 0 Å². The first-order chi connectivity index (χ1) is 7.20. The Morgan fingerprint density at radius 1 is 1.47 bits per heavy atom. The average molecular weight is 207 g/mol. The number of aromatic nitrogens is 4. The van der Waals surface area contributed by atoms with E-state index in [9.17, 15) is 0 Å². The molecule has 0 amide bonds. The van der Waals surface area contributed by atoms with Crippen LogP contribution in [0.25, 0.3) is 5.65 Å². The van der Waals surface area contributed by atoms with Crippen molar-refractivity contribution < 1.29 is 4.74 Å². The molecule has 1 atom stereocenters. The van der Waals surface area contributed by atoms with Gasteiger partial charge in [-0.15, -0.1) is 15.3 Å². The number of hydrogen-bond acceptors (Lipinski definition) is 5. The Bertz CT molecular complexity index is 464. The molecule has 6 nitrogen and oxygen atoms in total. The summed E-state index contributed by atoms with van der Waals surface area (Å²) < 4.78 is 6.69. The molecule has 15 heavy (non-hydrogen) atoms. The van der Waals surface area contributed by atoms with Gasteiger partial charge in [0.25, 0.3) is 0 Å². The maximum absolute atomic E-state index is 5.71. The minimum atomic E-state index is 0.0328. The first-order valence-corrected chi connectivity index (χ1v) is 4.71. The average Bonchev–Trinajstić information content (AvgIpc) is 2.60. The zero-order valence-corrected chi connectivity index (χ0v) is 8.71. The third-order valence-electron chi connectivity index (χ3n) is 2.02. The monoisotopic (exact) mass is 207 g/mol. The van der Waals surface area contributed by atoms with Crippen LogP contribution < -0.4 is 10.5 Å². The fourth-order valence-corrected chi connectivity index (χ4v) is 1.34. The summed E-state index contributed by atoms with van der Waals surface area (Å²) in [5.74, 6) is 1.28. The van der Waals surface area contributed by atoms with Crippen LogP contribution in [0.4, 0.5) is 0 Å². The molecule has 0 bridgehead atoms. The van der Waals surface area contributed by atoms with E-state index in [1.807, 2.05) is 13.0 Å². The van der Waals surface area contributed by atoms with Crippen molar-refractivity contribution in [2.45, 2.75) is 19.4 Å². The Morgan fingerprint density at radius 2 is 2.27 bits per heavy atom. The summed E-state index contributed by atoms with van der Waals surface area (Å²) in [4.78, 5) is 0. The maximum Gasteiger partial charge on any atom is 0.231 e. The van der Waals surface area contributed by atoms with Crippen LogP contribution in [0, 0.1) is 0 Å². The van der Waals surface area contributed by atoms with Gasteiger partial charge in [0.05, 0.1) is 7.11 Å². The van der Waals surface area contributed by atoms with Gasteiger partial charge in [0.2, 0.25) is 5.88 Å². The number of fused-ring (bicyclic) bond motifs is 1. The number of methoxy groups -OCH3 is 1. The molecule has 0 fully saturated rings. The zero-order chi connectivity index (χ0) is 10.8. The van der Waals surface area contributed by atoms with Crippen LogP contribution >= 0.6 is 0 Å². The molecule has 0 aliphatic heterocycles. The molecule has 0 saturated carbocycles. The first kappa shape index (κ1) is 9.85. The fourth-order valence-electron chi connectivity index (χ4n) is 1.34. The van der Waals surface area contributed by atoms with Gasteiger partial charge in [-0.3, -0.25) is 0 Å². The maximum atomic E-state index is 5.71. The fraction of sp³-hybridized carbons (Fsp3) is 0.444. The van der Waals surface area contributed by atoms with Gasteiger partial charge in [0.15, 0.2) is 11.5 Å². The highest BCUT2D eigenvalue weighted by Crippen LogP contribution is 2.09. The largest absolute Gasteiger partial charge is 0.480 e. The molecular weight excluding hydrogens is 194 g/mol. The van der Waals surface area contributed by atoms with Crippen molar-refractivity contribution in [1.29, 1.82) is 0 Å². The van der Waals surface area contributed by atoms with Gasteiger partial charge >= 0.3 is 0 Å². The molecular formula is C9H13N5O. The second kappa shape index (κ2) is 3.82. The van der Waals surface area contributed by atoms with Gasteiger partial charge in [-0.2, -0.15) is 4.52 Å². The summed E-state index contributed by atoms with van der Waals surface area (Å²) in [5.41, 5.74) is 6.41. The number of ether oxygens (including phenoxy) is 1. The SMILES string of the molecule is COc1ccc2nnc(CC(C)N)n2n1. The predicted molar refractivity (Wildman–Crippen MR) is 54.7 cm³/mol. The smallest absolute Gasteiger partial charge is 0.231 e. The standard InChI is InChI=1S/C9H13N5O/c1-6(10)5-8-12-11-7-3-4-9(15-2)13-14(7)8/h3-4,6H,5,10H2,1-2H3. The van der Waals surface area contributed by atoms with Crippen LogP contribution in [-0.4, -0.2) is 33.0 Å². The minimum absolute atomic E-state index is 0.0328. The number of rotatable bonds is 3. The van der Waals surface area contributed by atoms with Crippen molar-refractivity contribution in [2.24, 2.45) is 5.73 Å². The second-order valence-corrected chi connectivity index (χ2v) is 3.44. The van der Waals surface area contributed by atoms with E-state index in [1.165, 1.54) is 0 Å². The number of hydrogen-bond donors (Lipinski definition) is 1. The van der Waals surface area contributed by atoms with Crippen LogP contribution in [0.3, 0.4) is 0 Å². The predicted octanol–water partition coefficient (Wildman–Crippen LogP) is 0.0226. The summed E-state index contributed by atoms with van der Waals surface area (Å²) in [6, 6.07) is 3.59. The number of nitrogens with zero attached hydrogens (tertiary/aromatic N) is 4. The Balaban J connectivity index is 2.46. The lowest BCUT2D eigenvalue weighted by molar-refractivity contribution is 0.389. The van der Waals surface area contributed by atoms with Crippen molar-refractivity contribution in [3.63, 3.8) is 0 Å². The first-order valence-electron chi connectivity index (χ1n) is 4.71. The third kappa shape index (κ3) is 1.89. The Kier molecular flexibility index (Phi) is 2.51. The van der Waals surface area contributed by atoms with E-state index in [2.05, 4.69) is 15.3 Å². The molecule has 0 aliphatic carbocycles. The van der Waals surface area contributed by atoms with E-state index < -0.39 is 0 Å². The summed E-state index contributed by atoms with van der Waals surface area (Å²) in [6.07, 6.45) is 0.640. The van der Waals surface area contributed by atoms with Crippen LogP contribution in [0.2, 0.25) is 0 Å². The Morgan fingerprint density at radius 3 is 2.93 bits per heavy atom. The Hall–Kier alpha value is -1.69. The minimum Gasteiger partial charge on any atom is -0.480 e. The van der Waals surface area contributed by atoms with Crippen molar-refractivity contribution in [2.75, 3.05) is 7.11 Å². The van der Waals surface area contributed by atoms with E-state index in [-0.39, 0.29) is 6.04 Å². The molecule has 2 aromatic rings. The molecule has 0 spiro atoms. The molecule has 0 saturated heterocycles. The van der Waals surface area contributed by atoms with Gasteiger partial charge in [0, 0.05) is 18.5 Å². The summed E-state index contributed by atoms with van der Waals surface area (Å²) in [6.45, 7) is 1.92. The molecule has 80 valence electrons. The van der Waals surface area contributed by atoms with Crippen LogP contribution in [-0.2, 0) is 6.42 Å². The van der Waals surface area contributed by atoms with Crippen molar-refractivity contribution in [1.82, 2.24) is 19.8 Å². The molecule has 0 radical (unpaired) electrons. The van der Waals surface area contributed by atoms with Gasteiger partial charge in [-0.05, 0) is 13.0 Å². The molecule has 2 heterocycles. The van der Waals surface area contributed by atoms with E-state index in [1.54, 1.807) is 17.7 Å². The van der Waals surface area contributed by atoms with Crippen LogP contribution in [0.5, 0.6) is 5.88 Å². The van der Waals surface area contributed by atoms with E-state index in [4.69, 9.17) is 10.5 Å². The highest BCUT2D eigenvalue weighted by atomic mass is 16.5. The lowest BCUT2D eigenvalue weighted by Crippen LogP contribution is -2.19. The highest BCUT2D eigenvalue weighted by molar-refractivity contribution is 5.37. The van der Waals surface area contributed by atoms with Crippen molar-refractivity contribution in [3.05, 3.63) is 18.0 Å². The summed E-state index contributed by atoms with van der Waals surface area (Å²) in [7, 11) is 1.57. The van der Waals surface area contributed by atoms with Gasteiger partial charge in [0.1, 0.15) is 0 Å². The summed E-state index contributed by atoms with van der Waals surface area (Å²) >= 11 is 0. The molecule has 6 heteroatoms. The van der Waals surface area contributed by atoms with Crippen molar-refractivity contribution >= 4 is 5.65 Å². The lowest BCUT2D eigenvalue weighted by Gasteiger charge is -2.03. The molecule has 2 aromatic heterocycles. The number of nitrogens with two attached hydrogens (primary N) is 1. The van der Waals surface area contributed by atoms with Crippen molar-refractivity contribution in [3.8, 4) is 5.88 Å². The van der Waals surface area contributed by atoms with E-state index in [0.29, 0.717) is 17.9 Å². The molecule has 1 unspecified atom stereocenters. The van der Waals surface area contributed by atoms with E-state index >= 15 is 0 Å². The summed E-state index contributed by atoms with van der Waals surface area (Å²) in [5, 5.41) is 12.2. The molecule has 0 aromatic carbocycles. The van der Waals surface area contributed by atoms with E-state index in [0.717, 1.165) is 5.82 Å². The normalized spacial score (nSPS) is 13.0. The molecule has 0 aliphatic rings. The second-order valence-electron chi connectivity index (χ2n) is 3.44. The molecule has 2 N–H and O–H groups in total. The van der Waals surface area contributed by atoms with Crippen LogP contribution in [0.15, 0.2) is 12.1 Å².